The van der Waals surface area contributed by atoms with Gasteiger partial charge in [-0.15, -0.1) is 11.3 Å². The first-order valence-electron chi connectivity index (χ1n) is 6.46. The summed E-state index contributed by atoms with van der Waals surface area (Å²) in [5, 5.41) is 6.70. The highest BCUT2D eigenvalue weighted by molar-refractivity contribution is 7.81. The maximum Gasteiger partial charge on any atom is 0.240 e. The molecule has 0 bridgehead atoms. The highest BCUT2D eigenvalue weighted by Crippen LogP contribution is 2.29. The average Bonchev–Trinajstić information content (AvgIpc) is 2.81. The Hall–Kier alpha value is -0.240. The summed E-state index contributed by atoms with van der Waals surface area (Å²) in [5.74, 6) is 1.28. The van der Waals surface area contributed by atoms with E-state index in [4.69, 9.17) is 0 Å². The molecule has 2 N–H and O–H groups in total. The van der Waals surface area contributed by atoms with Crippen LogP contribution in [0.5, 0.6) is 0 Å². The first-order chi connectivity index (χ1) is 9.22. The number of carbonyl (C=O) groups is 1. The number of anilines is 1. The van der Waals surface area contributed by atoms with E-state index in [1.54, 1.807) is 11.3 Å². The molecule has 7 heteroatoms. The lowest BCUT2D eigenvalue weighted by atomic mass is 10.0. The third-order valence-electron chi connectivity index (χ3n) is 3.08. The summed E-state index contributed by atoms with van der Waals surface area (Å²) in [5.41, 5.74) is 1.17. The van der Waals surface area contributed by atoms with Crippen LogP contribution in [0.25, 0.3) is 0 Å². The minimum absolute atomic E-state index is 0.0559. The van der Waals surface area contributed by atoms with Crippen LogP contribution in [-0.4, -0.2) is 35.0 Å². The van der Waals surface area contributed by atoms with Gasteiger partial charge in [-0.05, 0) is 25.7 Å². The molecule has 2 rings (SSSR count). The van der Waals surface area contributed by atoms with Crippen LogP contribution in [0.1, 0.15) is 23.4 Å². The zero-order valence-corrected chi connectivity index (χ0v) is 13.3. The molecule has 1 aliphatic rings. The average molecular weight is 318 g/mol. The van der Waals surface area contributed by atoms with Crippen LogP contribution >= 0.6 is 36.6 Å². The predicted octanol–water partition coefficient (Wildman–Crippen LogP) is 1.78. The zero-order valence-electron chi connectivity index (χ0n) is 10.7. The third kappa shape index (κ3) is 4.37. The van der Waals surface area contributed by atoms with Crippen molar-refractivity contribution in [1.82, 2.24) is 10.3 Å². The number of rotatable bonds is 6. The minimum atomic E-state index is -0.0559. The molecule has 1 heterocycles. The summed E-state index contributed by atoms with van der Waals surface area (Å²) < 4.78 is 0. The second kappa shape index (κ2) is 7.52. The molecule has 0 saturated heterocycles. The Kier molecular flexibility index (Phi) is 6.00. The second-order valence-electron chi connectivity index (χ2n) is 4.59. The Bertz CT molecular complexity index is 408. The van der Waals surface area contributed by atoms with E-state index in [0.29, 0.717) is 11.5 Å². The lowest BCUT2D eigenvalue weighted by molar-refractivity contribution is -0.115. The summed E-state index contributed by atoms with van der Waals surface area (Å²) in [7, 11) is 0. The van der Waals surface area contributed by atoms with Gasteiger partial charge in [0.25, 0.3) is 0 Å². The molecule has 0 aliphatic heterocycles. The van der Waals surface area contributed by atoms with Crippen molar-refractivity contribution >= 4 is 47.6 Å². The highest BCUT2D eigenvalue weighted by atomic mass is 32.1. The van der Waals surface area contributed by atoms with Gasteiger partial charge in [-0.1, -0.05) is 0 Å². The molecular formula is C12H19N3OS3. The molecule has 1 aromatic heterocycles. The minimum Gasteiger partial charge on any atom is -0.304 e. The number of amides is 1. The number of aryl methyl sites for hydroxylation is 2. The molecular weight excluding hydrogens is 298 g/mol. The summed E-state index contributed by atoms with van der Waals surface area (Å²) in [6.45, 7) is 0.274. The Morgan fingerprint density at radius 2 is 2.05 bits per heavy atom. The second-order valence-corrected chi connectivity index (χ2v) is 6.40. The summed E-state index contributed by atoms with van der Waals surface area (Å²) >= 11 is 9.99. The maximum atomic E-state index is 11.8. The molecule has 1 aromatic rings. The summed E-state index contributed by atoms with van der Waals surface area (Å²) in [6.07, 6.45) is 4.58. The molecule has 1 amide bonds. The lowest BCUT2D eigenvalue weighted by Gasteiger charge is -2.12. The number of hydrogen-bond donors (Lipinski definition) is 4. The van der Waals surface area contributed by atoms with Crippen LogP contribution in [0.3, 0.4) is 0 Å². The molecule has 0 spiro atoms. The smallest absolute Gasteiger partial charge is 0.240 e. The Morgan fingerprint density at radius 3 is 2.74 bits per heavy atom. The number of hydrogen-bond acceptors (Lipinski definition) is 6. The predicted molar refractivity (Wildman–Crippen MR) is 86.9 cm³/mol. The Labute approximate surface area is 128 Å². The molecule has 0 radical (unpaired) electrons. The number of nitrogens with one attached hydrogen (secondary N) is 2. The molecule has 0 fully saturated rings. The Morgan fingerprint density at radius 1 is 1.32 bits per heavy atom. The molecule has 0 atom stereocenters. The summed E-state index contributed by atoms with van der Waals surface area (Å²) in [6, 6.07) is 0.155. The topological polar surface area (TPSA) is 54.0 Å². The SMILES string of the molecule is O=C(CNC(CS)CS)Nc1nc2c(s1)CCCC2. The van der Waals surface area contributed by atoms with E-state index in [1.807, 2.05) is 0 Å². The first kappa shape index (κ1) is 15.2. The fraction of sp³-hybridized carbons (Fsp3) is 0.667. The van der Waals surface area contributed by atoms with Crippen molar-refractivity contribution in [3.63, 3.8) is 0 Å². The van der Waals surface area contributed by atoms with Crippen LogP contribution in [0.15, 0.2) is 0 Å². The molecule has 4 nitrogen and oxygen atoms in total. The lowest BCUT2D eigenvalue weighted by Crippen LogP contribution is -2.38. The van der Waals surface area contributed by atoms with Gasteiger partial charge in [0, 0.05) is 22.4 Å². The van der Waals surface area contributed by atoms with Crippen molar-refractivity contribution in [2.24, 2.45) is 0 Å². The van der Waals surface area contributed by atoms with Crippen LogP contribution in [-0.2, 0) is 17.6 Å². The number of thiazole rings is 1. The van der Waals surface area contributed by atoms with Crippen LogP contribution < -0.4 is 10.6 Å². The van der Waals surface area contributed by atoms with Crippen molar-refractivity contribution in [2.75, 3.05) is 23.4 Å². The largest absolute Gasteiger partial charge is 0.304 e. The van der Waals surface area contributed by atoms with Crippen LogP contribution in [0, 0.1) is 0 Å². The highest BCUT2D eigenvalue weighted by Gasteiger charge is 2.16. The van der Waals surface area contributed by atoms with Gasteiger partial charge >= 0.3 is 0 Å². The van der Waals surface area contributed by atoms with Crippen molar-refractivity contribution in [2.45, 2.75) is 31.7 Å². The van der Waals surface area contributed by atoms with Gasteiger partial charge in [0.2, 0.25) is 5.91 Å². The first-order valence-corrected chi connectivity index (χ1v) is 8.54. The van der Waals surface area contributed by atoms with E-state index >= 15 is 0 Å². The van der Waals surface area contributed by atoms with E-state index in [-0.39, 0.29) is 18.5 Å². The van der Waals surface area contributed by atoms with Crippen molar-refractivity contribution in [1.29, 1.82) is 0 Å². The van der Waals surface area contributed by atoms with Gasteiger partial charge in [-0.3, -0.25) is 4.79 Å². The Balaban J connectivity index is 1.83. The van der Waals surface area contributed by atoms with E-state index in [9.17, 15) is 4.79 Å². The van der Waals surface area contributed by atoms with Gasteiger partial charge in [-0.25, -0.2) is 4.98 Å². The molecule has 19 heavy (non-hydrogen) atoms. The number of carbonyl (C=O) groups excluding carboxylic acids is 1. The third-order valence-corrected chi connectivity index (χ3v) is 5.04. The fourth-order valence-corrected chi connectivity index (χ4v) is 3.78. The van der Waals surface area contributed by atoms with Crippen LogP contribution in [0.4, 0.5) is 5.13 Å². The van der Waals surface area contributed by atoms with E-state index in [1.165, 1.54) is 23.4 Å². The normalized spacial score (nSPS) is 14.5. The molecule has 1 aliphatic carbocycles. The number of aromatic nitrogens is 1. The van der Waals surface area contributed by atoms with Gasteiger partial charge in [0.1, 0.15) is 0 Å². The van der Waals surface area contributed by atoms with E-state index in [2.05, 4.69) is 40.9 Å². The molecule has 0 saturated carbocycles. The summed E-state index contributed by atoms with van der Waals surface area (Å²) in [4.78, 5) is 17.6. The molecule has 106 valence electrons. The quantitative estimate of drug-likeness (QED) is 0.605. The van der Waals surface area contributed by atoms with Gasteiger partial charge in [-0.2, -0.15) is 25.3 Å². The van der Waals surface area contributed by atoms with E-state index in [0.717, 1.165) is 18.0 Å². The molecule has 0 aromatic carbocycles. The fourth-order valence-electron chi connectivity index (χ4n) is 1.99. The van der Waals surface area contributed by atoms with E-state index < -0.39 is 0 Å². The zero-order chi connectivity index (χ0) is 13.7. The van der Waals surface area contributed by atoms with Gasteiger partial charge in [0.05, 0.1) is 12.2 Å². The monoisotopic (exact) mass is 317 g/mol. The van der Waals surface area contributed by atoms with Gasteiger partial charge < -0.3 is 10.6 Å². The molecule has 0 unspecified atom stereocenters. The number of fused-ring (bicyclic) bond motifs is 1. The number of thiol groups is 2. The van der Waals surface area contributed by atoms with Gasteiger partial charge in [0.15, 0.2) is 5.13 Å². The standard InChI is InChI=1S/C12H19N3OS3/c16-11(5-13-8(6-17)7-18)15-12-14-9-3-1-2-4-10(9)19-12/h8,13,17-18H,1-7H2,(H,14,15,16). The maximum absolute atomic E-state index is 11.8. The van der Waals surface area contributed by atoms with Crippen LogP contribution in [0.2, 0.25) is 0 Å². The van der Waals surface area contributed by atoms with Crippen molar-refractivity contribution in [3.05, 3.63) is 10.6 Å². The number of nitrogens with zero attached hydrogens (tertiary/aromatic N) is 1. The van der Waals surface area contributed by atoms with Crippen molar-refractivity contribution < 1.29 is 4.79 Å². The van der Waals surface area contributed by atoms with Crippen molar-refractivity contribution in [3.8, 4) is 0 Å².